The summed E-state index contributed by atoms with van der Waals surface area (Å²) < 4.78 is 10.2. The van der Waals surface area contributed by atoms with Crippen molar-refractivity contribution >= 4 is 35.3 Å². The van der Waals surface area contributed by atoms with Crippen LogP contribution in [0, 0.1) is 24.7 Å². The van der Waals surface area contributed by atoms with E-state index in [4.69, 9.17) is 9.47 Å². The summed E-state index contributed by atoms with van der Waals surface area (Å²) in [6, 6.07) is 20.7. The summed E-state index contributed by atoms with van der Waals surface area (Å²) in [6.07, 6.45) is 3.18. The number of amides is 2. The van der Waals surface area contributed by atoms with Crippen LogP contribution in [0.4, 0.5) is 10.5 Å². The van der Waals surface area contributed by atoms with Crippen molar-refractivity contribution in [2.45, 2.75) is 71.8 Å². The summed E-state index contributed by atoms with van der Waals surface area (Å²) in [5, 5.41) is 13.8. The van der Waals surface area contributed by atoms with Crippen molar-refractivity contribution < 1.29 is 28.7 Å². The third kappa shape index (κ3) is 10.4. The number of hydrogen-bond acceptors (Lipinski definition) is 9. The van der Waals surface area contributed by atoms with E-state index >= 15 is 0 Å². The largest absolute Gasteiger partial charge is 0.465 e. The van der Waals surface area contributed by atoms with Crippen LogP contribution in [0.1, 0.15) is 79.9 Å². The molecule has 1 heterocycles. The Balaban J connectivity index is 1.25. The Labute approximate surface area is 299 Å². The first-order valence-electron chi connectivity index (χ1n) is 17.5. The number of aryl methyl sites for hydroxylation is 1. The number of aliphatic imine (C=N–C) groups is 1. The number of azo groups is 1. The van der Waals surface area contributed by atoms with Crippen LogP contribution in [-0.2, 0) is 25.5 Å². The lowest BCUT2D eigenvalue weighted by Crippen LogP contribution is -2.37. The molecule has 51 heavy (non-hydrogen) atoms. The van der Waals surface area contributed by atoms with Crippen LogP contribution < -0.4 is 10.6 Å². The number of rotatable bonds is 12. The first kappa shape index (κ1) is 37.1. The van der Waals surface area contributed by atoms with Gasteiger partial charge in [0.15, 0.2) is 12.5 Å². The maximum absolute atomic E-state index is 13.8. The predicted molar refractivity (Wildman–Crippen MR) is 196 cm³/mol. The molecular formula is C40H47N5O6. The van der Waals surface area contributed by atoms with Gasteiger partial charge in [-0.2, -0.15) is 5.11 Å². The zero-order valence-electron chi connectivity index (χ0n) is 30.0. The highest BCUT2D eigenvalue weighted by molar-refractivity contribution is 6.01. The minimum Gasteiger partial charge on any atom is -0.465 e. The molecule has 2 aliphatic rings. The highest BCUT2D eigenvalue weighted by Crippen LogP contribution is 2.32. The van der Waals surface area contributed by atoms with E-state index in [-0.39, 0.29) is 35.9 Å². The summed E-state index contributed by atoms with van der Waals surface area (Å²) >= 11 is 0. The third-order valence-electron chi connectivity index (χ3n) is 9.31. The number of ketones is 1. The molecule has 1 aliphatic carbocycles. The van der Waals surface area contributed by atoms with Crippen LogP contribution in [0.2, 0.25) is 0 Å². The summed E-state index contributed by atoms with van der Waals surface area (Å²) in [4.78, 5) is 55.9. The van der Waals surface area contributed by atoms with Crippen LogP contribution in [-0.4, -0.2) is 55.5 Å². The predicted octanol–water partition coefficient (Wildman–Crippen LogP) is 7.71. The molecule has 1 aliphatic heterocycles. The van der Waals surface area contributed by atoms with E-state index in [2.05, 4.69) is 25.9 Å². The highest BCUT2D eigenvalue weighted by atomic mass is 16.6. The molecule has 1 saturated carbocycles. The molecule has 5 rings (SSSR count). The van der Waals surface area contributed by atoms with Crippen LogP contribution in [0.3, 0.4) is 0 Å². The van der Waals surface area contributed by atoms with E-state index in [0.717, 1.165) is 53.5 Å². The van der Waals surface area contributed by atoms with Crippen molar-refractivity contribution in [3.63, 3.8) is 0 Å². The van der Waals surface area contributed by atoms with Gasteiger partial charge in [0.05, 0.1) is 12.7 Å². The SMILES string of the molecule is COC(=O)c1ccc(-c2ccc(C[C@H](CC(=O)C3CCC(CNC(=O)OC(C)(C)C)CC3)C(=O)Nc3ccc(C4=NCN=N4)cc3)cc2)c(C)c1. The number of carbonyl (C=O) groups is 4. The molecular weight excluding hydrogens is 646 g/mol. The molecule has 3 aromatic carbocycles. The Morgan fingerprint density at radius 1 is 0.902 bits per heavy atom. The lowest BCUT2D eigenvalue weighted by atomic mass is 9.77. The topological polar surface area (TPSA) is 148 Å². The molecule has 0 radical (unpaired) electrons. The van der Waals surface area contributed by atoms with Gasteiger partial charge in [-0.1, -0.05) is 30.3 Å². The lowest BCUT2D eigenvalue weighted by Gasteiger charge is -2.29. The van der Waals surface area contributed by atoms with E-state index in [1.807, 2.05) is 76.2 Å². The third-order valence-corrected chi connectivity index (χ3v) is 9.31. The molecule has 0 spiro atoms. The number of ether oxygens (including phenoxy) is 2. The van der Waals surface area contributed by atoms with Gasteiger partial charge >= 0.3 is 12.1 Å². The van der Waals surface area contributed by atoms with Gasteiger partial charge in [-0.3, -0.25) is 9.59 Å². The summed E-state index contributed by atoms with van der Waals surface area (Å²) in [6.45, 7) is 8.27. The molecule has 0 aromatic heterocycles. The number of carbonyl (C=O) groups excluding carboxylic acids is 4. The van der Waals surface area contributed by atoms with Gasteiger partial charge in [0.2, 0.25) is 5.91 Å². The second kappa shape index (κ2) is 16.7. The van der Waals surface area contributed by atoms with E-state index in [9.17, 15) is 19.2 Å². The summed E-state index contributed by atoms with van der Waals surface area (Å²) in [5.41, 5.74) is 5.22. The van der Waals surface area contributed by atoms with Gasteiger partial charge in [0.1, 0.15) is 11.4 Å². The highest BCUT2D eigenvalue weighted by Gasteiger charge is 2.31. The van der Waals surface area contributed by atoms with Gasteiger partial charge in [0, 0.05) is 36.1 Å². The van der Waals surface area contributed by atoms with Crippen LogP contribution >= 0.6 is 0 Å². The van der Waals surface area contributed by atoms with E-state index in [0.29, 0.717) is 36.7 Å². The standard InChI is InChI=1S/C40H47N5O6/c1-25-20-31(38(48)50-5)16-19-34(25)28-10-6-26(7-11-28)21-32(37(47)44-33-17-14-30(15-18-33)36-42-24-43-45-36)22-35(46)29-12-8-27(9-13-29)23-41-39(49)51-40(2,3)4/h6-7,10-11,14-20,27,29,32H,8-9,12-13,21-24H2,1-5H3,(H,41,49)(H,44,47)/t27?,29?,32-/m1/s1. The Bertz CT molecular complexity index is 1790. The summed E-state index contributed by atoms with van der Waals surface area (Å²) in [5.74, 6) is -0.383. The molecule has 11 nitrogen and oxygen atoms in total. The van der Waals surface area contributed by atoms with Crippen molar-refractivity contribution in [2.75, 3.05) is 25.6 Å². The fourth-order valence-corrected chi connectivity index (χ4v) is 6.56. The fraction of sp³-hybridized carbons (Fsp3) is 0.425. The molecule has 0 unspecified atom stereocenters. The Morgan fingerprint density at radius 3 is 2.20 bits per heavy atom. The Hall–Kier alpha value is -5.19. The number of nitrogens with one attached hydrogen (secondary N) is 2. The number of alkyl carbamates (subject to hydrolysis) is 1. The van der Waals surface area contributed by atoms with Crippen LogP contribution in [0.15, 0.2) is 82.0 Å². The second-order valence-electron chi connectivity index (χ2n) is 14.3. The Kier molecular flexibility index (Phi) is 12.1. The quantitative estimate of drug-likeness (QED) is 0.186. The molecule has 11 heteroatoms. The number of esters is 1. The number of amidine groups is 1. The van der Waals surface area contributed by atoms with Gasteiger partial charge < -0.3 is 20.1 Å². The van der Waals surface area contributed by atoms with Crippen LogP contribution in [0.5, 0.6) is 0 Å². The van der Waals surface area contributed by atoms with Gasteiger partial charge in [-0.15, -0.1) is 5.11 Å². The number of hydrogen-bond donors (Lipinski definition) is 2. The number of benzene rings is 3. The van der Waals surface area contributed by atoms with Gasteiger partial charge in [-0.05, 0) is 124 Å². The maximum atomic E-state index is 13.8. The Morgan fingerprint density at radius 2 is 1.59 bits per heavy atom. The lowest BCUT2D eigenvalue weighted by molar-refractivity contribution is -0.129. The summed E-state index contributed by atoms with van der Waals surface area (Å²) in [7, 11) is 1.36. The zero-order valence-corrected chi connectivity index (χ0v) is 30.0. The van der Waals surface area contributed by atoms with Crippen molar-refractivity contribution in [1.29, 1.82) is 0 Å². The number of methoxy groups -OCH3 is 1. The molecule has 268 valence electrons. The van der Waals surface area contributed by atoms with E-state index < -0.39 is 17.6 Å². The molecule has 1 fully saturated rings. The van der Waals surface area contributed by atoms with E-state index in [1.54, 1.807) is 18.2 Å². The van der Waals surface area contributed by atoms with Crippen molar-refractivity contribution in [1.82, 2.24) is 5.32 Å². The van der Waals surface area contributed by atoms with Gasteiger partial charge in [-0.25, -0.2) is 14.6 Å². The molecule has 0 saturated heterocycles. The minimum atomic E-state index is -0.580. The molecule has 0 bridgehead atoms. The normalized spacial score (nSPS) is 17.6. The molecule has 1 atom stereocenters. The smallest absolute Gasteiger partial charge is 0.407 e. The zero-order chi connectivity index (χ0) is 36.5. The molecule has 2 N–H and O–H groups in total. The molecule has 3 aromatic rings. The second-order valence-corrected chi connectivity index (χ2v) is 14.3. The average molecular weight is 694 g/mol. The van der Waals surface area contributed by atoms with Crippen LogP contribution in [0.25, 0.3) is 11.1 Å². The first-order chi connectivity index (χ1) is 24.4. The minimum absolute atomic E-state index is 0.0894. The number of anilines is 1. The number of nitrogens with zero attached hydrogens (tertiary/aromatic N) is 3. The van der Waals surface area contributed by atoms with Gasteiger partial charge in [0.25, 0.3) is 0 Å². The maximum Gasteiger partial charge on any atom is 0.407 e. The monoisotopic (exact) mass is 693 g/mol. The average Bonchev–Trinajstić information content (AvgIpc) is 3.65. The van der Waals surface area contributed by atoms with Crippen molar-refractivity contribution in [3.8, 4) is 11.1 Å². The number of Topliss-reactive ketones (excluding diaryl/α,β-unsaturated/α-hetero) is 1. The molecule has 2 amide bonds. The van der Waals surface area contributed by atoms with Crippen molar-refractivity contribution in [2.24, 2.45) is 33.0 Å². The van der Waals surface area contributed by atoms with E-state index in [1.165, 1.54) is 7.11 Å². The first-order valence-corrected chi connectivity index (χ1v) is 17.5. The van der Waals surface area contributed by atoms with Crippen molar-refractivity contribution in [3.05, 3.63) is 89.0 Å². The fourth-order valence-electron chi connectivity index (χ4n) is 6.56.